The van der Waals surface area contributed by atoms with Crippen LogP contribution in [0.5, 0.6) is 11.5 Å². The van der Waals surface area contributed by atoms with Crippen LogP contribution in [-0.4, -0.2) is 47.7 Å². The third-order valence-electron chi connectivity index (χ3n) is 5.14. The van der Waals surface area contributed by atoms with E-state index < -0.39 is 9.85 Å². The second kappa shape index (κ2) is 8.58. The highest BCUT2D eigenvalue weighted by Crippen LogP contribution is 2.44. The van der Waals surface area contributed by atoms with Gasteiger partial charge in [0.2, 0.25) is 0 Å². The van der Waals surface area contributed by atoms with Crippen molar-refractivity contribution in [1.82, 2.24) is 4.90 Å². The molecule has 0 saturated carbocycles. The van der Waals surface area contributed by atoms with Crippen LogP contribution in [0, 0.1) is 20.2 Å². The summed E-state index contributed by atoms with van der Waals surface area (Å²) in [6.07, 6.45) is 1.71. The molecule has 0 aromatic heterocycles. The smallest absolute Gasteiger partial charge is 0.273 e. The molecule has 0 aliphatic carbocycles. The number of anilines is 1. The van der Waals surface area contributed by atoms with E-state index in [0.29, 0.717) is 43.4 Å². The van der Waals surface area contributed by atoms with Gasteiger partial charge in [-0.15, -0.1) is 0 Å². The van der Waals surface area contributed by atoms with Crippen molar-refractivity contribution >= 4 is 17.1 Å². The van der Waals surface area contributed by atoms with E-state index in [-0.39, 0.29) is 35.5 Å². The molecule has 1 unspecified atom stereocenters. The van der Waals surface area contributed by atoms with E-state index in [1.807, 2.05) is 0 Å². The number of hydrogen-bond donors (Lipinski definition) is 1. The first-order valence-corrected chi connectivity index (χ1v) is 9.59. The van der Waals surface area contributed by atoms with Crippen LogP contribution in [0.3, 0.4) is 0 Å². The molecule has 0 bridgehead atoms. The first kappa shape index (κ1) is 20.6. The van der Waals surface area contributed by atoms with Crippen LogP contribution in [0.25, 0.3) is 0 Å². The molecule has 4 rings (SSSR count). The van der Waals surface area contributed by atoms with E-state index in [4.69, 9.17) is 19.9 Å². The molecule has 31 heavy (non-hydrogen) atoms. The molecule has 11 nitrogen and oxygen atoms in total. The molecule has 0 spiro atoms. The summed E-state index contributed by atoms with van der Waals surface area (Å²) in [4.78, 5) is 23.4. The number of non-ortho nitro benzene ring substituents is 2. The van der Waals surface area contributed by atoms with Crippen molar-refractivity contribution < 1.29 is 24.1 Å². The molecule has 162 valence electrons. The number of rotatable bonds is 6. The van der Waals surface area contributed by atoms with Gasteiger partial charge in [-0.2, -0.15) is 0 Å². The fourth-order valence-electron chi connectivity index (χ4n) is 3.63. The summed E-state index contributed by atoms with van der Waals surface area (Å²) in [6.45, 7) is 2.44. The van der Waals surface area contributed by atoms with Gasteiger partial charge in [-0.3, -0.25) is 25.1 Å². The predicted molar refractivity (Wildman–Crippen MR) is 110 cm³/mol. The minimum absolute atomic E-state index is 0.0116. The highest BCUT2D eigenvalue weighted by molar-refractivity contribution is 5.57. The molecule has 2 aromatic carbocycles. The second-order valence-electron chi connectivity index (χ2n) is 7.03. The monoisotopic (exact) mass is 428 g/mol. The maximum absolute atomic E-state index is 11.2. The van der Waals surface area contributed by atoms with Crippen LogP contribution in [-0.2, 0) is 4.74 Å². The van der Waals surface area contributed by atoms with Gasteiger partial charge in [0.15, 0.2) is 0 Å². The van der Waals surface area contributed by atoms with Gasteiger partial charge in [-0.05, 0) is 18.2 Å². The van der Waals surface area contributed by atoms with Gasteiger partial charge in [0.1, 0.15) is 23.9 Å². The van der Waals surface area contributed by atoms with Crippen LogP contribution < -0.4 is 15.2 Å². The number of benzene rings is 2. The highest BCUT2D eigenvalue weighted by atomic mass is 16.6. The zero-order valence-electron chi connectivity index (χ0n) is 16.4. The van der Waals surface area contributed by atoms with Crippen molar-refractivity contribution in [1.29, 1.82) is 0 Å². The predicted octanol–water partition coefficient (Wildman–Crippen LogP) is 2.81. The largest absolute Gasteiger partial charge is 0.487 e. The minimum atomic E-state index is -0.525. The van der Waals surface area contributed by atoms with Crippen molar-refractivity contribution in [3.63, 3.8) is 0 Å². The van der Waals surface area contributed by atoms with E-state index in [9.17, 15) is 20.2 Å². The van der Waals surface area contributed by atoms with Crippen molar-refractivity contribution in [2.45, 2.75) is 6.04 Å². The number of nitrogen functional groups attached to an aromatic ring is 1. The van der Waals surface area contributed by atoms with E-state index >= 15 is 0 Å². The van der Waals surface area contributed by atoms with E-state index in [1.165, 1.54) is 30.3 Å². The Morgan fingerprint density at radius 1 is 1.10 bits per heavy atom. The summed E-state index contributed by atoms with van der Waals surface area (Å²) in [5.74, 6) is 1.31. The molecular formula is C20H20N4O7. The molecular weight excluding hydrogens is 408 g/mol. The lowest BCUT2D eigenvalue weighted by Gasteiger charge is -2.32. The Morgan fingerprint density at radius 3 is 2.48 bits per heavy atom. The second-order valence-corrected chi connectivity index (χ2v) is 7.03. The van der Waals surface area contributed by atoms with Gasteiger partial charge < -0.3 is 19.9 Å². The maximum atomic E-state index is 11.2. The Balaban J connectivity index is 1.59. The Morgan fingerprint density at radius 2 is 1.77 bits per heavy atom. The number of fused-ring (bicyclic) bond motifs is 1. The summed E-state index contributed by atoms with van der Waals surface area (Å²) >= 11 is 0. The number of ether oxygens (including phenoxy) is 3. The molecule has 2 N–H and O–H groups in total. The molecule has 1 atom stereocenters. The minimum Gasteiger partial charge on any atom is -0.487 e. The average molecular weight is 428 g/mol. The average Bonchev–Trinajstić information content (AvgIpc) is 3.12. The standard InChI is InChI=1S/C20H20N4O7/c21-16-3-1-14(24(27)28)12-19(16)30-8-5-18-20(22-6-9-29-10-7-22)15-11-13(23(25)26)2-4-17(15)31-18/h1-5,11-12,20H,6-10,21H2/b18-5-. The van der Waals surface area contributed by atoms with E-state index in [0.717, 1.165) is 0 Å². The third kappa shape index (κ3) is 4.27. The zero-order chi connectivity index (χ0) is 22.0. The van der Waals surface area contributed by atoms with E-state index in [2.05, 4.69) is 4.90 Å². The number of nitro groups is 2. The lowest BCUT2D eigenvalue weighted by Crippen LogP contribution is -2.39. The molecule has 0 amide bonds. The van der Waals surface area contributed by atoms with Crippen LogP contribution in [0.2, 0.25) is 0 Å². The molecule has 1 saturated heterocycles. The summed E-state index contributed by atoms with van der Waals surface area (Å²) in [6, 6.07) is 8.18. The normalized spacial score (nSPS) is 19.6. The quantitative estimate of drug-likeness (QED) is 0.417. The Hall–Kier alpha value is -3.70. The van der Waals surface area contributed by atoms with Gasteiger partial charge in [0.25, 0.3) is 11.4 Å². The number of hydrogen-bond acceptors (Lipinski definition) is 9. The van der Waals surface area contributed by atoms with Crippen molar-refractivity contribution in [3.05, 3.63) is 74.0 Å². The Labute approximate surface area is 176 Å². The zero-order valence-corrected chi connectivity index (χ0v) is 16.4. The van der Waals surface area contributed by atoms with Crippen LogP contribution in [0.4, 0.5) is 17.1 Å². The number of nitrogens with zero attached hydrogens (tertiary/aromatic N) is 3. The molecule has 0 radical (unpaired) electrons. The molecule has 2 aliphatic rings. The highest BCUT2D eigenvalue weighted by Gasteiger charge is 2.36. The topological polar surface area (TPSA) is 143 Å². The number of morpholine rings is 1. The molecule has 2 heterocycles. The Kier molecular flexibility index (Phi) is 5.69. The Bertz CT molecular complexity index is 1050. The number of nitrogens with two attached hydrogens (primary N) is 1. The molecule has 2 aromatic rings. The fourth-order valence-corrected chi connectivity index (χ4v) is 3.63. The third-order valence-corrected chi connectivity index (χ3v) is 5.14. The van der Waals surface area contributed by atoms with Gasteiger partial charge in [0, 0.05) is 36.9 Å². The van der Waals surface area contributed by atoms with Gasteiger partial charge in [-0.1, -0.05) is 0 Å². The molecule has 2 aliphatic heterocycles. The SMILES string of the molecule is Nc1ccc([N+](=O)[O-])cc1OC/C=C1\Oc2ccc([N+](=O)[O-])cc2C1N1CCOCC1. The first-order chi connectivity index (χ1) is 14.9. The van der Waals surface area contributed by atoms with Crippen LogP contribution in [0.1, 0.15) is 11.6 Å². The van der Waals surface area contributed by atoms with Crippen molar-refractivity contribution in [2.75, 3.05) is 38.6 Å². The summed E-state index contributed by atoms with van der Waals surface area (Å²) in [5, 5.41) is 22.2. The van der Waals surface area contributed by atoms with Gasteiger partial charge >= 0.3 is 0 Å². The maximum Gasteiger partial charge on any atom is 0.273 e. The van der Waals surface area contributed by atoms with Crippen molar-refractivity contribution in [3.8, 4) is 11.5 Å². The number of nitro benzene ring substituents is 2. The lowest BCUT2D eigenvalue weighted by molar-refractivity contribution is -0.385. The van der Waals surface area contributed by atoms with E-state index in [1.54, 1.807) is 12.1 Å². The van der Waals surface area contributed by atoms with Crippen LogP contribution >= 0.6 is 0 Å². The van der Waals surface area contributed by atoms with Gasteiger partial charge in [0.05, 0.1) is 40.9 Å². The van der Waals surface area contributed by atoms with Gasteiger partial charge in [-0.25, -0.2) is 0 Å². The van der Waals surface area contributed by atoms with Crippen molar-refractivity contribution in [2.24, 2.45) is 0 Å². The lowest BCUT2D eigenvalue weighted by atomic mass is 10.0. The summed E-state index contributed by atoms with van der Waals surface area (Å²) < 4.78 is 17.0. The fraction of sp³-hybridized carbons (Fsp3) is 0.300. The summed E-state index contributed by atoms with van der Waals surface area (Å²) in [5.41, 5.74) is 6.70. The first-order valence-electron chi connectivity index (χ1n) is 9.59. The summed E-state index contributed by atoms with van der Waals surface area (Å²) in [7, 11) is 0. The molecule has 11 heteroatoms. The van der Waals surface area contributed by atoms with Crippen LogP contribution in [0.15, 0.2) is 48.2 Å². The molecule has 1 fully saturated rings.